The first-order valence-electron chi connectivity index (χ1n) is 6.83. The van der Waals surface area contributed by atoms with Gasteiger partial charge in [0.15, 0.2) is 10.2 Å². The van der Waals surface area contributed by atoms with Gasteiger partial charge in [0.2, 0.25) is 9.84 Å². The highest BCUT2D eigenvalue weighted by Crippen LogP contribution is 2.30. The van der Waals surface area contributed by atoms with Crippen LogP contribution in [0.2, 0.25) is 0 Å². The zero-order valence-electron chi connectivity index (χ0n) is 12.0. The van der Waals surface area contributed by atoms with Crippen molar-refractivity contribution in [3.63, 3.8) is 0 Å². The van der Waals surface area contributed by atoms with Crippen LogP contribution in [0.1, 0.15) is 0 Å². The van der Waals surface area contributed by atoms with Gasteiger partial charge in [-0.25, -0.2) is 23.2 Å². The van der Waals surface area contributed by atoms with Gasteiger partial charge in [-0.1, -0.05) is 17.4 Å². The van der Waals surface area contributed by atoms with E-state index in [1.54, 1.807) is 12.1 Å². The predicted octanol–water partition coefficient (Wildman–Crippen LogP) is 1.17. The summed E-state index contributed by atoms with van der Waals surface area (Å²) in [6.07, 6.45) is 1.82. The minimum Gasteiger partial charge on any atom is -0.465 e. The van der Waals surface area contributed by atoms with Crippen molar-refractivity contribution in [2.45, 2.75) is 9.24 Å². The number of aromatic nitrogens is 2. The van der Waals surface area contributed by atoms with E-state index in [0.29, 0.717) is 31.3 Å². The largest absolute Gasteiger partial charge is 0.465 e. The highest BCUT2D eigenvalue weighted by molar-refractivity contribution is 7.93. The van der Waals surface area contributed by atoms with Crippen molar-refractivity contribution in [2.75, 3.05) is 31.1 Å². The molecular formula is C13H14N4O4S2. The van der Waals surface area contributed by atoms with E-state index in [9.17, 15) is 13.2 Å². The molecule has 0 atom stereocenters. The zero-order valence-corrected chi connectivity index (χ0v) is 13.6. The lowest BCUT2D eigenvalue weighted by Gasteiger charge is -2.32. The predicted molar refractivity (Wildman–Crippen MR) is 83.6 cm³/mol. The van der Waals surface area contributed by atoms with Crippen LogP contribution in [0.4, 0.5) is 9.93 Å². The SMILES string of the molecule is O=C(O)N1CCN(c2ncc(S(=O)(=O)c3ccccn3)s2)CC1. The van der Waals surface area contributed by atoms with Gasteiger partial charge in [0.25, 0.3) is 0 Å². The third kappa shape index (κ3) is 3.13. The average molecular weight is 354 g/mol. The van der Waals surface area contributed by atoms with Crippen LogP contribution in [0.5, 0.6) is 0 Å². The Hall–Kier alpha value is -2.20. The maximum absolute atomic E-state index is 12.5. The molecule has 3 heterocycles. The number of amides is 1. The van der Waals surface area contributed by atoms with Crippen LogP contribution in [-0.2, 0) is 9.84 Å². The number of pyridine rings is 1. The number of nitrogens with zero attached hydrogens (tertiary/aromatic N) is 4. The Labute approximate surface area is 136 Å². The van der Waals surface area contributed by atoms with Crippen molar-refractivity contribution < 1.29 is 18.3 Å². The quantitative estimate of drug-likeness (QED) is 0.882. The number of sulfone groups is 1. The van der Waals surface area contributed by atoms with Crippen LogP contribution >= 0.6 is 11.3 Å². The molecule has 1 saturated heterocycles. The Bertz CT molecular complexity index is 798. The van der Waals surface area contributed by atoms with E-state index in [-0.39, 0.29) is 9.24 Å². The van der Waals surface area contributed by atoms with Crippen molar-refractivity contribution in [3.8, 4) is 0 Å². The molecule has 0 aliphatic carbocycles. The van der Waals surface area contributed by atoms with Gasteiger partial charge in [-0.2, -0.15) is 0 Å². The molecule has 122 valence electrons. The van der Waals surface area contributed by atoms with Crippen molar-refractivity contribution >= 4 is 32.4 Å². The van der Waals surface area contributed by atoms with Crippen molar-refractivity contribution in [2.24, 2.45) is 0 Å². The van der Waals surface area contributed by atoms with Crippen molar-refractivity contribution in [1.29, 1.82) is 0 Å². The van der Waals surface area contributed by atoms with Crippen LogP contribution in [0, 0.1) is 0 Å². The van der Waals surface area contributed by atoms with Crippen LogP contribution in [0.3, 0.4) is 0 Å². The number of hydrogen-bond acceptors (Lipinski definition) is 7. The fraction of sp³-hybridized carbons (Fsp3) is 0.308. The second kappa shape index (κ2) is 6.13. The van der Waals surface area contributed by atoms with E-state index in [1.807, 2.05) is 4.90 Å². The number of piperazine rings is 1. The molecule has 1 fully saturated rings. The number of carboxylic acid groups (broad SMARTS) is 1. The highest BCUT2D eigenvalue weighted by Gasteiger charge is 2.26. The fourth-order valence-corrected chi connectivity index (χ4v) is 4.70. The summed E-state index contributed by atoms with van der Waals surface area (Å²) >= 11 is 1.07. The minimum absolute atomic E-state index is 0.00843. The zero-order chi connectivity index (χ0) is 16.4. The summed E-state index contributed by atoms with van der Waals surface area (Å²) in [5.41, 5.74) is 0. The molecule has 1 aliphatic rings. The molecule has 0 saturated carbocycles. The lowest BCUT2D eigenvalue weighted by molar-refractivity contribution is 0.142. The minimum atomic E-state index is -3.67. The van der Waals surface area contributed by atoms with Gasteiger partial charge in [0, 0.05) is 32.4 Å². The highest BCUT2D eigenvalue weighted by atomic mass is 32.2. The maximum Gasteiger partial charge on any atom is 0.407 e. The van der Waals surface area contributed by atoms with Gasteiger partial charge in [-0.05, 0) is 12.1 Å². The molecule has 0 radical (unpaired) electrons. The Morgan fingerprint density at radius 3 is 2.52 bits per heavy atom. The number of rotatable bonds is 3. The number of hydrogen-bond donors (Lipinski definition) is 1. The van der Waals surface area contributed by atoms with E-state index in [1.165, 1.54) is 23.4 Å². The van der Waals surface area contributed by atoms with Crippen LogP contribution < -0.4 is 4.90 Å². The first kappa shape index (κ1) is 15.7. The summed E-state index contributed by atoms with van der Waals surface area (Å²) in [6, 6.07) is 4.71. The Kier molecular flexibility index (Phi) is 4.18. The standard InChI is InChI=1S/C13H14N4O4S2/c18-13(19)17-7-5-16(6-8-17)12-15-9-11(22-12)23(20,21)10-3-1-2-4-14-10/h1-4,9H,5-8H2,(H,18,19). The second-order valence-electron chi connectivity index (χ2n) is 4.89. The lowest BCUT2D eigenvalue weighted by atomic mass is 10.3. The van der Waals surface area contributed by atoms with Gasteiger partial charge in [0.05, 0.1) is 6.20 Å². The van der Waals surface area contributed by atoms with Gasteiger partial charge in [-0.15, -0.1) is 0 Å². The Balaban J connectivity index is 1.78. The van der Waals surface area contributed by atoms with E-state index in [2.05, 4.69) is 9.97 Å². The van der Waals surface area contributed by atoms with E-state index in [4.69, 9.17) is 5.11 Å². The number of carbonyl (C=O) groups is 1. The fourth-order valence-electron chi connectivity index (χ4n) is 2.22. The molecule has 1 N–H and O–H groups in total. The molecule has 0 spiro atoms. The molecule has 8 nitrogen and oxygen atoms in total. The first-order chi connectivity index (χ1) is 11.0. The van der Waals surface area contributed by atoms with Gasteiger partial charge in [-0.3, -0.25) is 0 Å². The summed E-state index contributed by atoms with van der Waals surface area (Å²) in [7, 11) is -3.67. The van der Waals surface area contributed by atoms with Crippen LogP contribution in [0.15, 0.2) is 39.8 Å². The number of thiazole rings is 1. The second-order valence-corrected chi connectivity index (χ2v) is 8.02. The normalized spacial score (nSPS) is 15.7. The van der Waals surface area contributed by atoms with Gasteiger partial charge >= 0.3 is 6.09 Å². The molecule has 2 aromatic rings. The summed E-state index contributed by atoms with van der Waals surface area (Å²) in [6.45, 7) is 1.72. The number of anilines is 1. The monoisotopic (exact) mass is 354 g/mol. The summed E-state index contributed by atoms with van der Waals surface area (Å²) in [5.74, 6) is 0. The summed E-state index contributed by atoms with van der Waals surface area (Å²) in [5, 5.41) is 9.51. The average Bonchev–Trinajstić information content (AvgIpc) is 3.06. The molecule has 0 aromatic carbocycles. The molecule has 3 rings (SSSR count). The summed E-state index contributed by atoms with van der Waals surface area (Å²) in [4.78, 5) is 22.2. The lowest BCUT2D eigenvalue weighted by Crippen LogP contribution is -2.48. The molecule has 2 aromatic heterocycles. The third-order valence-electron chi connectivity index (χ3n) is 3.47. The van der Waals surface area contributed by atoms with Crippen LogP contribution in [-0.4, -0.2) is 60.7 Å². The van der Waals surface area contributed by atoms with Gasteiger partial charge < -0.3 is 14.9 Å². The Morgan fingerprint density at radius 1 is 1.17 bits per heavy atom. The first-order valence-corrected chi connectivity index (χ1v) is 9.13. The maximum atomic E-state index is 12.5. The molecule has 1 amide bonds. The molecule has 23 heavy (non-hydrogen) atoms. The smallest absolute Gasteiger partial charge is 0.407 e. The van der Waals surface area contributed by atoms with E-state index >= 15 is 0 Å². The molecule has 10 heteroatoms. The summed E-state index contributed by atoms with van der Waals surface area (Å²) < 4.78 is 25.1. The molecule has 1 aliphatic heterocycles. The van der Waals surface area contributed by atoms with Crippen molar-refractivity contribution in [3.05, 3.63) is 30.6 Å². The van der Waals surface area contributed by atoms with E-state index in [0.717, 1.165) is 11.3 Å². The van der Waals surface area contributed by atoms with Crippen molar-refractivity contribution in [1.82, 2.24) is 14.9 Å². The Morgan fingerprint density at radius 2 is 1.91 bits per heavy atom. The van der Waals surface area contributed by atoms with E-state index < -0.39 is 15.9 Å². The molecule has 0 bridgehead atoms. The van der Waals surface area contributed by atoms with Crippen LogP contribution in [0.25, 0.3) is 0 Å². The van der Waals surface area contributed by atoms with Gasteiger partial charge in [0.1, 0.15) is 4.21 Å². The molecular weight excluding hydrogens is 340 g/mol. The molecule has 0 unspecified atom stereocenters. The topological polar surface area (TPSA) is 104 Å². The third-order valence-corrected chi connectivity index (χ3v) is 6.66.